The number of aryl methyl sites for hydroxylation is 1. The Kier molecular flexibility index (Phi) is 2.86. The van der Waals surface area contributed by atoms with E-state index in [4.69, 9.17) is 0 Å². The Labute approximate surface area is 91.5 Å². The van der Waals surface area contributed by atoms with Gasteiger partial charge in [-0.05, 0) is 29.5 Å². The highest BCUT2D eigenvalue weighted by Gasteiger charge is 2.10. The van der Waals surface area contributed by atoms with Crippen LogP contribution >= 0.6 is 0 Å². The van der Waals surface area contributed by atoms with Crippen molar-refractivity contribution in [1.29, 1.82) is 0 Å². The van der Waals surface area contributed by atoms with E-state index in [0.29, 0.717) is 18.1 Å². The van der Waals surface area contributed by atoms with E-state index in [1.165, 1.54) is 10.9 Å². The van der Waals surface area contributed by atoms with Crippen LogP contribution in [0, 0.1) is 0 Å². The molecule has 2 aromatic heterocycles. The lowest BCUT2D eigenvalue weighted by Crippen LogP contribution is -2.16. The third-order valence-corrected chi connectivity index (χ3v) is 1.98. The fourth-order valence-electron chi connectivity index (χ4n) is 1.18. The number of pyridine rings is 1. The number of aromatic nitrogens is 5. The molecule has 0 aliphatic heterocycles. The van der Waals surface area contributed by atoms with Gasteiger partial charge in [-0.15, -0.1) is 0 Å². The number of tetrazole rings is 1. The number of carbonyl (C=O) groups excluding carboxylic acids is 1. The highest BCUT2D eigenvalue weighted by molar-refractivity contribution is 6.03. The molecule has 1 N–H and O–H groups in total. The normalized spacial score (nSPS) is 10.1. The van der Waals surface area contributed by atoms with Crippen LogP contribution in [0.3, 0.4) is 0 Å². The zero-order valence-electron chi connectivity index (χ0n) is 8.66. The molecule has 0 atom stereocenters. The number of nitrogens with one attached hydrogen (secondary N) is 1. The van der Waals surface area contributed by atoms with Crippen molar-refractivity contribution in [3.05, 3.63) is 30.1 Å². The minimum absolute atomic E-state index is 0.280. The lowest BCUT2D eigenvalue weighted by molar-refractivity contribution is 0.102. The van der Waals surface area contributed by atoms with Gasteiger partial charge >= 0.3 is 0 Å². The Hall–Kier alpha value is -2.31. The van der Waals surface area contributed by atoms with E-state index in [9.17, 15) is 4.79 Å². The second-order valence-electron chi connectivity index (χ2n) is 3.01. The van der Waals surface area contributed by atoms with Gasteiger partial charge < -0.3 is 0 Å². The molecule has 0 aliphatic carbocycles. The van der Waals surface area contributed by atoms with Crippen molar-refractivity contribution < 1.29 is 4.79 Å². The van der Waals surface area contributed by atoms with Crippen LogP contribution in [0.2, 0.25) is 0 Å². The van der Waals surface area contributed by atoms with E-state index in [1.54, 1.807) is 18.3 Å². The molecule has 0 unspecified atom stereocenters. The van der Waals surface area contributed by atoms with Gasteiger partial charge in [0.2, 0.25) is 5.95 Å². The second kappa shape index (κ2) is 4.47. The Morgan fingerprint density at radius 3 is 3.12 bits per heavy atom. The largest absolute Gasteiger partial charge is 0.289 e. The van der Waals surface area contributed by atoms with Gasteiger partial charge in [0.15, 0.2) is 0 Å². The summed E-state index contributed by atoms with van der Waals surface area (Å²) in [7, 11) is 0. The summed E-state index contributed by atoms with van der Waals surface area (Å²) in [6.07, 6.45) is 3.09. The third kappa shape index (κ3) is 2.02. The summed E-state index contributed by atoms with van der Waals surface area (Å²) in [5.74, 6) is 0.0500. The molecule has 2 aromatic rings. The zero-order chi connectivity index (χ0) is 11.4. The van der Waals surface area contributed by atoms with E-state index < -0.39 is 0 Å². The lowest BCUT2D eigenvalue weighted by atomic mass is 10.3. The van der Waals surface area contributed by atoms with Crippen molar-refractivity contribution in [3.8, 4) is 0 Å². The van der Waals surface area contributed by atoms with E-state index in [2.05, 4.69) is 25.8 Å². The Morgan fingerprint density at radius 2 is 2.44 bits per heavy atom. The third-order valence-electron chi connectivity index (χ3n) is 1.98. The van der Waals surface area contributed by atoms with Crippen LogP contribution in [-0.2, 0) is 6.54 Å². The molecular formula is C9H10N6O. The number of anilines is 1. The first-order chi connectivity index (χ1) is 7.81. The summed E-state index contributed by atoms with van der Waals surface area (Å²) in [6, 6.07) is 3.36. The van der Waals surface area contributed by atoms with Gasteiger partial charge in [-0.25, -0.2) is 4.68 Å². The molecule has 0 fully saturated rings. The number of hydrogen-bond acceptors (Lipinski definition) is 5. The van der Waals surface area contributed by atoms with Crippen LogP contribution < -0.4 is 5.32 Å². The molecule has 1 amide bonds. The van der Waals surface area contributed by atoms with Crippen LogP contribution in [0.4, 0.5) is 5.95 Å². The summed E-state index contributed by atoms with van der Waals surface area (Å²) in [5.41, 5.74) is 0.466. The highest BCUT2D eigenvalue weighted by Crippen LogP contribution is 2.03. The average Bonchev–Trinajstić information content (AvgIpc) is 2.77. The molecule has 7 nitrogen and oxygen atoms in total. The molecule has 0 saturated carbocycles. The van der Waals surface area contributed by atoms with Crippen LogP contribution in [-0.4, -0.2) is 31.1 Å². The Morgan fingerprint density at radius 1 is 1.56 bits per heavy atom. The van der Waals surface area contributed by atoms with Gasteiger partial charge in [0.05, 0.1) is 5.56 Å². The molecule has 0 bridgehead atoms. The molecule has 0 radical (unpaired) electrons. The summed E-state index contributed by atoms with van der Waals surface area (Å²) < 4.78 is 1.49. The SMILES string of the molecule is CCn1nnnc1NC(=O)c1cccnc1. The summed E-state index contributed by atoms with van der Waals surface area (Å²) >= 11 is 0. The molecule has 0 saturated heterocycles. The zero-order valence-corrected chi connectivity index (χ0v) is 8.66. The van der Waals surface area contributed by atoms with Gasteiger partial charge in [0.25, 0.3) is 5.91 Å². The fourth-order valence-corrected chi connectivity index (χ4v) is 1.18. The second-order valence-corrected chi connectivity index (χ2v) is 3.01. The van der Waals surface area contributed by atoms with Crippen LogP contribution in [0.5, 0.6) is 0 Å². The maximum atomic E-state index is 11.7. The van der Waals surface area contributed by atoms with Gasteiger partial charge in [-0.3, -0.25) is 15.1 Å². The molecule has 0 spiro atoms. The quantitative estimate of drug-likeness (QED) is 0.802. The smallest absolute Gasteiger partial charge is 0.259 e. The molecule has 82 valence electrons. The van der Waals surface area contributed by atoms with Crippen LogP contribution in [0.25, 0.3) is 0 Å². The topological polar surface area (TPSA) is 85.6 Å². The molecule has 0 aliphatic rings. The van der Waals surface area contributed by atoms with Crippen molar-refractivity contribution in [3.63, 3.8) is 0 Å². The van der Waals surface area contributed by atoms with Crippen molar-refractivity contribution in [2.24, 2.45) is 0 Å². The molecule has 16 heavy (non-hydrogen) atoms. The highest BCUT2D eigenvalue weighted by atomic mass is 16.1. The van der Waals surface area contributed by atoms with Gasteiger partial charge in [-0.2, -0.15) is 0 Å². The Balaban J connectivity index is 2.14. The monoisotopic (exact) mass is 218 g/mol. The number of hydrogen-bond donors (Lipinski definition) is 1. The number of rotatable bonds is 3. The fraction of sp³-hybridized carbons (Fsp3) is 0.222. The first kappa shape index (κ1) is 10.2. The predicted molar refractivity (Wildman–Crippen MR) is 55.7 cm³/mol. The van der Waals surface area contributed by atoms with E-state index in [0.717, 1.165) is 0 Å². The van der Waals surface area contributed by atoms with E-state index in [-0.39, 0.29) is 5.91 Å². The predicted octanol–water partition coefficient (Wildman–Crippen LogP) is 0.340. The molecule has 2 heterocycles. The molecular weight excluding hydrogens is 208 g/mol. The van der Waals surface area contributed by atoms with Crippen molar-refractivity contribution in [2.45, 2.75) is 13.5 Å². The summed E-state index contributed by atoms with van der Waals surface area (Å²) in [5, 5.41) is 13.5. The van der Waals surface area contributed by atoms with Crippen LogP contribution in [0.1, 0.15) is 17.3 Å². The lowest BCUT2D eigenvalue weighted by Gasteiger charge is -2.03. The summed E-state index contributed by atoms with van der Waals surface area (Å²) in [6.45, 7) is 2.48. The van der Waals surface area contributed by atoms with E-state index in [1.807, 2.05) is 6.92 Å². The van der Waals surface area contributed by atoms with Gasteiger partial charge in [0, 0.05) is 18.9 Å². The minimum atomic E-state index is -0.280. The van der Waals surface area contributed by atoms with E-state index >= 15 is 0 Å². The maximum absolute atomic E-state index is 11.7. The molecule has 0 aromatic carbocycles. The summed E-state index contributed by atoms with van der Waals surface area (Å²) in [4.78, 5) is 15.6. The van der Waals surface area contributed by atoms with Crippen LogP contribution in [0.15, 0.2) is 24.5 Å². The first-order valence-electron chi connectivity index (χ1n) is 4.79. The first-order valence-corrected chi connectivity index (χ1v) is 4.79. The van der Waals surface area contributed by atoms with Gasteiger partial charge in [-0.1, -0.05) is 5.10 Å². The number of amides is 1. The maximum Gasteiger partial charge on any atom is 0.259 e. The molecule has 7 heteroatoms. The number of carbonyl (C=O) groups is 1. The van der Waals surface area contributed by atoms with Crippen molar-refractivity contribution >= 4 is 11.9 Å². The van der Waals surface area contributed by atoms with Crippen molar-refractivity contribution in [2.75, 3.05) is 5.32 Å². The minimum Gasteiger partial charge on any atom is -0.289 e. The molecule has 2 rings (SSSR count). The van der Waals surface area contributed by atoms with Gasteiger partial charge in [0.1, 0.15) is 0 Å². The Bertz CT molecular complexity index is 480. The average molecular weight is 218 g/mol. The van der Waals surface area contributed by atoms with Crippen molar-refractivity contribution in [1.82, 2.24) is 25.2 Å². The standard InChI is InChI=1S/C9H10N6O/c1-2-15-9(12-13-14-15)11-8(16)7-4-3-5-10-6-7/h3-6H,2H2,1H3,(H,11,12,14,16). The number of nitrogens with zero attached hydrogens (tertiary/aromatic N) is 5.